The van der Waals surface area contributed by atoms with E-state index in [1.807, 2.05) is 12.1 Å². The predicted octanol–water partition coefficient (Wildman–Crippen LogP) is 3.36. The molecule has 3 rings (SSSR count). The molecule has 0 unspecified atom stereocenters. The van der Waals surface area contributed by atoms with E-state index >= 15 is 0 Å². The minimum absolute atomic E-state index is 0.252. The van der Waals surface area contributed by atoms with Gasteiger partial charge in [0.1, 0.15) is 5.82 Å². The fraction of sp³-hybridized carbons (Fsp3) is 0.333. The second-order valence-corrected chi connectivity index (χ2v) is 8.11. The Hall–Kier alpha value is -1.72. The van der Waals surface area contributed by atoms with Crippen LogP contribution in [0.25, 0.3) is 11.1 Å². The molecule has 0 saturated carbocycles. The normalized spacial score (nSPS) is 16.4. The molecule has 23 heavy (non-hydrogen) atoms. The Morgan fingerprint density at radius 1 is 1.04 bits per heavy atom. The average Bonchev–Trinajstić information content (AvgIpc) is 2.54. The smallest absolute Gasteiger partial charge is 0.175 e. The second-order valence-electron chi connectivity index (χ2n) is 6.10. The van der Waals surface area contributed by atoms with Gasteiger partial charge in [0, 0.05) is 6.26 Å². The van der Waals surface area contributed by atoms with E-state index in [0.29, 0.717) is 5.92 Å². The lowest BCUT2D eigenvalue weighted by molar-refractivity contribution is 0.458. The molecule has 1 N–H and O–H groups in total. The van der Waals surface area contributed by atoms with Crippen LogP contribution in [0.1, 0.15) is 24.3 Å². The molecule has 1 aliphatic heterocycles. The molecule has 0 atom stereocenters. The van der Waals surface area contributed by atoms with Crippen molar-refractivity contribution in [3.63, 3.8) is 0 Å². The van der Waals surface area contributed by atoms with E-state index in [9.17, 15) is 12.8 Å². The lowest BCUT2D eigenvalue weighted by Crippen LogP contribution is -2.26. The van der Waals surface area contributed by atoms with Crippen LogP contribution in [-0.2, 0) is 9.84 Å². The maximum atomic E-state index is 14.1. The van der Waals surface area contributed by atoms with Gasteiger partial charge in [0.2, 0.25) is 0 Å². The largest absolute Gasteiger partial charge is 0.317 e. The summed E-state index contributed by atoms with van der Waals surface area (Å²) < 4.78 is 37.5. The highest BCUT2D eigenvalue weighted by Gasteiger charge is 2.17. The van der Waals surface area contributed by atoms with Gasteiger partial charge in [-0.2, -0.15) is 0 Å². The molecule has 2 aromatic rings. The summed E-state index contributed by atoms with van der Waals surface area (Å²) >= 11 is 0. The topological polar surface area (TPSA) is 46.2 Å². The van der Waals surface area contributed by atoms with Crippen molar-refractivity contribution in [2.75, 3.05) is 19.3 Å². The fourth-order valence-electron chi connectivity index (χ4n) is 3.08. The fourth-order valence-corrected chi connectivity index (χ4v) is 3.74. The van der Waals surface area contributed by atoms with Gasteiger partial charge in [0.15, 0.2) is 9.84 Å². The van der Waals surface area contributed by atoms with Crippen LogP contribution in [0.4, 0.5) is 4.39 Å². The first-order valence-electron chi connectivity index (χ1n) is 7.75. The van der Waals surface area contributed by atoms with Gasteiger partial charge in [-0.3, -0.25) is 0 Å². The molecule has 1 saturated heterocycles. The minimum atomic E-state index is -3.28. The molecule has 0 aliphatic carbocycles. The maximum absolute atomic E-state index is 14.1. The Balaban J connectivity index is 2.01. The molecule has 1 fully saturated rings. The van der Waals surface area contributed by atoms with Crippen molar-refractivity contribution >= 4 is 9.84 Å². The Morgan fingerprint density at radius 2 is 1.78 bits per heavy atom. The summed E-state index contributed by atoms with van der Waals surface area (Å²) in [6.45, 7) is 1.89. The van der Waals surface area contributed by atoms with Gasteiger partial charge in [-0.1, -0.05) is 18.2 Å². The van der Waals surface area contributed by atoms with Crippen LogP contribution in [0.3, 0.4) is 0 Å². The van der Waals surface area contributed by atoms with E-state index in [2.05, 4.69) is 5.32 Å². The van der Waals surface area contributed by atoms with Gasteiger partial charge in [-0.25, -0.2) is 12.8 Å². The van der Waals surface area contributed by atoms with Crippen molar-refractivity contribution in [1.82, 2.24) is 5.32 Å². The number of hydrogen-bond acceptors (Lipinski definition) is 3. The van der Waals surface area contributed by atoms with Gasteiger partial charge in [-0.15, -0.1) is 0 Å². The molecule has 1 heterocycles. The van der Waals surface area contributed by atoms with Gasteiger partial charge in [-0.05, 0) is 72.8 Å². The first kappa shape index (κ1) is 16.1. The van der Waals surface area contributed by atoms with Crippen molar-refractivity contribution in [2.24, 2.45) is 0 Å². The first-order valence-corrected chi connectivity index (χ1v) is 9.64. The summed E-state index contributed by atoms with van der Waals surface area (Å²) in [7, 11) is -3.28. The first-order chi connectivity index (χ1) is 10.9. The van der Waals surface area contributed by atoms with Gasteiger partial charge >= 0.3 is 0 Å². The Bertz CT molecular complexity index is 812. The Kier molecular flexibility index (Phi) is 4.50. The number of halogens is 1. The molecule has 0 bridgehead atoms. The van der Waals surface area contributed by atoms with Crippen molar-refractivity contribution in [2.45, 2.75) is 23.7 Å². The van der Waals surface area contributed by atoms with Crippen LogP contribution in [0, 0.1) is 5.82 Å². The van der Waals surface area contributed by atoms with Gasteiger partial charge in [0.05, 0.1) is 4.90 Å². The lowest BCUT2D eigenvalue weighted by Gasteiger charge is -2.23. The highest BCUT2D eigenvalue weighted by Crippen LogP contribution is 2.31. The Morgan fingerprint density at radius 3 is 2.48 bits per heavy atom. The zero-order valence-electron chi connectivity index (χ0n) is 13.0. The molecule has 0 amide bonds. The second kappa shape index (κ2) is 6.42. The van der Waals surface area contributed by atoms with Gasteiger partial charge < -0.3 is 5.32 Å². The standard InChI is InChI=1S/C18H20FNO2S/c1-23(21,22)18-4-2-3-14(12-18)16-9-15(10-17(19)11-16)13-5-7-20-8-6-13/h2-4,9-13,20H,5-8H2,1H3. The summed E-state index contributed by atoms with van der Waals surface area (Å²) in [5.74, 6) is 0.0737. The maximum Gasteiger partial charge on any atom is 0.175 e. The van der Waals surface area contributed by atoms with E-state index in [1.54, 1.807) is 24.3 Å². The third-order valence-electron chi connectivity index (χ3n) is 4.33. The highest BCUT2D eigenvalue weighted by atomic mass is 32.2. The van der Waals surface area contributed by atoms with E-state index in [0.717, 1.165) is 42.6 Å². The molecular formula is C18H20FNO2S. The highest BCUT2D eigenvalue weighted by molar-refractivity contribution is 7.90. The van der Waals surface area contributed by atoms with Crippen molar-refractivity contribution in [1.29, 1.82) is 0 Å². The zero-order valence-corrected chi connectivity index (χ0v) is 13.9. The molecule has 2 aromatic carbocycles. The number of benzene rings is 2. The van der Waals surface area contributed by atoms with Crippen LogP contribution < -0.4 is 5.32 Å². The summed E-state index contributed by atoms with van der Waals surface area (Å²) in [6, 6.07) is 11.7. The van der Waals surface area contributed by atoms with Crippen LogP contribution in [0.15, 0.2) is 47.4 Å². The predicted molar refractivity (Wildman–Crippen MR) is 89.8 cm³/mol. The SMILES string of the molecule is CS(=O)(=O)c1cccc(-c2cc(F)cc(C3CCNCC3)c2)c1. The molecule has 1 aliphatic rings. The molecule has 0 spiro atoms. The third-order valence-corrected chi connectivity index (χ3v) is 5.44. The average molecular weight is 333 g/mol. The zero-order chi connectivity index (χ0) is 16.4. The van der Waals surface area contributed by atoms with Crippen LogP contribution >= 0.6 is 0 Å². The van der Waals surface area contributed by atoms with Crippen molar-refractivity contribution < 1.29 is 12.8 Å². The molecule has 0 aromatic heterocycles. The quantitative estimate of drug-likeness (QED) is 0.937. The lowest BCUT2D eigenvalue weighted by atomic mass is 9.88. The number of hydrogen-bond donors (Lipinski definition) is 1. The molecular weight excluding hydrogens is 313 g/mol. The van der Waals surface area contributed by atoms with E-state index in [-0.39, 0.29) is 10.7 Å². The van der Waals surface area contributed by atoms with E-state index < -0.39 is 9.84 Å². The number of nitrogens with one attached hydrogen (secondary N) is 1. The van der Waals surface area contributed by atoms with Crippen molar-refractivity contribution in [3.05, 3.63) is 53.8 Å². The number of sulfone groups is 1. The summed E-state index contributed by atoms with van der Waals surface area (Å²) in [5.41, 5.74) is 2.44. The summed E-state index contributed by atoms with van der Waals surface area (Å²) in [4.78, 5) is 0.252. The molecule has 5 heteroatoms. The molecule has 3 nitrogen and oxygen atoms in total. The monoisotopic (exact) mass is 333 g/mol. The van der Waals surface area contributed by atoms with Crippen LogP contribution in [0.5, 0.6) is 0 Å². The summed E-state index contributed by atoms with van der Waals surface area (Å²) in [6.07, 6.45) is 3.16. The van der Waals surface area contributed by atoms with E-state index in [1.165, 1.54) is 12.3 Å². The van der Waals surface area contributed by atoms with Crippen LogP contribution in [0.2, 0.25) is 0 Å². The van der Waals surface area contributed by atoms with Crippen LogP contribution in [-0.4, -0.2) is 27.8 Å². The minimum Gasteiger partial charge on any atom is -0.317 e. The summed E-state index contributed by atoms with van der Waals surface area (Å²) in [5, 5.41) is 3.31. The van der Waals surface area contributed by atoms with E-state index in [4.69, 9.17) is 0 Å². The molecule has 122 valence electrons. The van der Waals surface area contributed by atoms with Crippen molar-refractivity contribution in [3.8, 4) is 11.1 Å². The van der Waals surface area contributed by atoms with Gasteiger partial charge in [0.25, 0.3) is 0 Å². The third kappa shape index (κ3) is 3.79. The number of piperidine rings is 1. The Labute approximate surface area is 136 Å². The molecule has 0 radical (unpaired) electrons. The number of rotatable bonds is 3.